The molecule has 3 heteroatoms. The fourth-order valence-electron chi connectivity index (χ4n) is 10.8. The molecule has 3 nitrogen and oxygen atoms in total. The number of nitrogens with zero attached hydrogens (tertiary/aromatic N) is 3. The van der Waals surface area contributed by atoms with Gasteiger partial charge in [0.25, 0.3) is 0 Å². The largest absolute Gasteiger partial charge is 0.309 e. The Morgan fingerprint density at radius 2 is 0.939 bits per heavy atom. The average Bonchev–Trinajstić information content (AvgIpc) is 3.83. The predicted octanol–water partition coefficient (Wildman–Crippen LogP) is 16.5. The van der Waals surface area contributed by atoms with Crippen molar-refractivity contribution in [2.45, 2.75) is 19.3 Å². The van der Waals surface area contributed by atoms with E-state index in [9.17, 15) is 0 Å². The first-order valence-corrected chi connectivity index (χ1v) is 22.8. The van der Waals surface area contributed by atoms with Gasteiger partial charge in [-0.3, -0.25) is 0 Å². The summed E-state index contributed by atoms with van der Waals surface area (Å²) in [5, 5.41) is 7.31. The van der Waals surface area contributed by atoms with E-state index in [-0.39, 0.29) is 5.41 Å². The molecule has 2 aromatic heterocycles. The number of benzene rings is 10. The van der Waals surface area contributed by atoms with Crippen molar-refractivity contribution < 1.29 is 0 Å². The zero-order valence-corrected chi connectivity index (χ0v) is 36.7. The van der Waals surface area contributed by atoms with Gasteiger partial charge in [0, 0.05) is 38.6 Å². The smallest absolute Gasteiger partial charge is 0.160 e. The molecule has 0 aliphatic heterocycles. The summed E-state index contributed by atoms with van der Waals surface area (Å²) in [6, 6.07) is 81.4. The fraction of sp³-hybridized carbons (Fsp3) is 0.0476. The second-order valence-corrected chi connectivity index (χ2v) is 18.1. The van der Waals surface area contributed by atoms with E-state index in [1.165, 1.54) is 82.5 Å². The Morgan fingerprint density at radius 1 is 0.348 bits per heavy atom. The maximum Gasteiger partial charge on any atom is 0.160 e. The molecule has 0 spiro atoms. The molecule has 0 bridgehead atoms. The highest BCUT2D eigenvalue weighted by molar-refractivity contribution is 6.12. The second-order valence-electron chi connectivity index (χ2n) is 18.1. The molecule has 0 unspecified atom stereocenters. The molecular weight excluding hydrogens is 799 g/mol. The van der Waals surface area contributed by atoms with Crippen LogP contribution < -0.4 is 0 Å². The third kappa shape index (κ3) is 5.90. The first-order chi connectivity index (χ1) is 32.5. The van der Waals surface area contributed by atoms with Gasteiger partial charge in [0.1, 0.15) is 0 Å². The maximum absolute atomic E-state index is 5.40. The number of hydrogen-bond donors (Lipinski definition) is 0. The topological polar surface area (TPSA) is 30.7 Å². The maximum atomic E-state index is 5.40. The van der Waals surface area contributed by atoms with E-state index in [0.717, 1.165) is 39.2 Å². The van der Waals surface area contributed by atoms with Gasteiger partial charge in [0.15, 0.2) is 5.82 Å². The molecule has 0 amide bonds. The Morgan fingerprint density at radius 3 is 1.73 bits per heavy atom. The van der Waals surface area contributed by atoms with Crippen LogP contribution in [0.1, 0.15) is 25.0 Å². The van der Waals surface area contributed by atoms with E-state index < -0.39 is 0 Å². The summed E-state index contributed by atoms with van der Waals surface area (Å²) < 4.78 is 2.38. The molecule has 2 heterocycles. The summed E-state index contributed by atoms with van der Waals surface area (Å²) in [5.41, 5.74) is 18.3. The van der Waals surface area contributed by atoms with Gasteiger partial charge in [0.2, 0.25) is 0 Å². The van der Waals surface area contributed by atoms with Crippen LogP contribution in [0.25, 0.3) is 116 Å². The van der Waals surface area contributed by atoms with E-state index in [2.05, 4.69) is 237 Å². The predicted molar refractivity (Wildman–Crippen MR) is 276 cm³/mol. The van der Waals surface area contributed by atoms with Crippen molar-refractivity contribution in [3.05, 3.63) is 236 Å². The third-order valence-corrected chi connectivity index (χ3v) is 14.0. The molecule has 0 saturated carbocycles. The van der Waals surface area contributed by atoms with Crippen LogP contribution in [0.3, 0.4) is 0 Å². The molecule has 13 rings (SSSR count). The van der Waals surface area contributed by atoms with Crippen LogP contribution in [-0.4, -0.2) is 14.5 Å². The van der Waals surface area contributed by atoms with E-state index >= 15 is 0 Å². The van der Waals surface area contributed by atoms with Gasteiger partial charge >= 0.3 is 0 Å². The van der Waals surface area contributed by atoms with E-state index in [1.807, 2.05) is 6.07 Å². The van der Waals surface area contributed by atoms with Gasteiger partial charge in [-0.1, -0.05) is 190 Å². The van der Waals surface area contributed by atoms with Crippen molar-refractivity contribution in [3.63, 3.8) is 0 Å². The molecule has 1 aliphatic carbocycles. The van der Waals surface area contributed by atoms with Crippen LogP contribution in [-0.2, 0) is 5.41 Å². The zero-order chi connectivity index (χ0) is 43.9. The number of rotatable bonds is 6. The Hall–Kier alpha value is -8.40. The summed E-state index contributed by atoms with van der Waals surface area (Å²) >= 11 is 0. The van der Waals surface area contributed by atoms with E-state index in [4.69, 9.17) is 9.97 Å². The van der Waals surface area contributed by atoms with Crippen LogP contribution in [0.15, 0.2) is 224 Å². The van der Waals surface area contributed by atoms with E-state index in [1.54, 1.807) is 0 Å². The van der Waals surface area contributed by atoms with Crippen LogP contribution >= 0.6 is 0 Å². The van der Waals surface area contributed by atoms with Gasteiger partial charge in [0.05, 0.1) is 22.4 Å². The molecule has 0 atom stereocenters. The standard InChI is InChI=1S/C63H43N3/c1-63(2)55-30-17-29-52(61(55)54-36-41-20-9-10-21-42(41)38-56(54)63)58-39-57(64-62(65-58)40-18-5-3-6-19-40)50-34-33-49(47-26-13-14-27-48(47)50)46-25-12-11-24-45(46)43-32-35-60-53(37-43)51-28-15-16-31-59(51)66(60)44-22-7-4-8-23-44/h3-39H,1-2H3. The van der Waals surface area contributed by atoms with Gasteiger partial charge in [-0.05, 0) is 115 Å². The summed E-state index contributed by atoms with van der Waals surface area (Å²) in [7, 11) is 0. The van der Waals surface area contributed by atoms with Crippen molar-refractivity contribution in [1.82, 2.24) is 14.5 Å². The molecule has 0 radical (unpaired) electrons. The van der Waals surface area contributed by atoms with Gasteiger partial charge in [-0.25, -0.2) is 9.97 Å². The van der Waals surface area contributed by atoms with Crippen molar-refractivity contribution in [1.29, 1.82) is 0 Å². The summed E-state index contributed by atoms with van der Waals surface area (Å²) in [4.78, 5) is 10.8. The third-order valence-electron chi connectivity index (χ3n) is 14.0. The summed E-state index contributed by atoms with van der Waals surface area (Å²) in [5.74, 6) is 0.708. The molecule has 310 valence electrons. The highest BCUT2D eigenvalue weighted by atomic mass is 15.0. The first-order valence-electron chi connectivity index (χ1n) is 22.8. The SMILES string of the molecule is CC1(C)c2cc3ccccc3cc2-c2c(-c3cc(-c4ccc(-c5ccccc5-c5ccc6c(c5)c5ccccc5n6-c5ccccc5)c5ccccc45)nc(-c4ccccc4)n3)cccc21. The Balaban J connectivity index is 0.982. The molecule has 12 aromatic rings. The molecule has 66 heavy (non-hydrogen) atoms. The lowest BCUT2D eigenvalue weighted by Gasteiger charge is -2.22. The van der Waals surface area contributed by atoms with Crippen LogP contribution in [0, 0.1) is 0 Å². The van der Waals surface area contributed by atoms with Crippen molar-refractivity contribution in [3.8, 4) is 73.0 Å². The summed E-state index contributed by atoms with van der Waals surface area (Å²) in [6.07, 6.45) is 0. The molecule has 0 fully saturated rings. The Kier molecular flexibility index (Phi) is 8.56. The molecule has 0 N–H and O–H groups in total. The normalized spacial score (nSPS) is 12.8. The second kappa shape index (κ2) is 14.8. The quantitative estimate of drug-likeness (QED) is 0.167. The minimum Gasteiger partial charge on any atom is -0.309 e. The lowest BCUT2D eigenvalue weighted by atomic mass is 9.81. The lowest BCUT2D eigenvalue weighted by molar-refractivity contribution is 0.661. The number of aromatic nitrogens is 3. The Bertz CT molecular complexity index is 3900. The molecule has 1 aliphatic rings. The van der Waals surface area contributed by atoms with Gasteiger partial charge in [-0.2, -0.15) is 0 Å². The average molecular weight is 842 g/mol. The number of fused-ring (bicyclic) bond motifs is 8. The monoisotopic (exact) mass is 841 g/mol. The first kappa shape index (κ1) is 38.1. The zero-order valence-electron chi connectivity index (χ0n) is 36.7. The number of para-hydroxylation sites is 2. The van der Waals surface area contributed by atoms with Gasteiger partial charge in [-0.15, -0.1) is 0 Å². The number of hydrogen-bond acceptors (Lipinski definition) is 2. The minimum atomic E-state index is -0.169. The van der Waals surface area contributed by atoms with Crippen LogP contribution in [0.2, 0.25) is 0 Å². The minimum absolute atomic E-state index is 0.169. The van der Waals surface area contributed by atoms with Gasteiger partial charge < -0.3 is 4.57 Å². The fourth-order valence-corrected chi connectivity index (χ4v) is 10.8. The molecule has 10 aromatic carbocycles. The van der Waals surface area contributed by atoms with Crippen molar-refractivity contribution >= 4 is 43.4 Å². The van der Waals surface area contributed by atoms with Crippen LogP contribution in [0.5, 0.6) is 0 Å². The lowest BCUT2D eigenvalue weighted by Crippen LogP contribution is -2.14. The summed E-state index contributed by atoms with van der Waals surface area (Å²) in [6.45, 7) is 4.71. The Labute approximate surface area is 384 Å². The molecule has 0 saturated heterocycles. The highest BCUT2D eigenvalue weighted by Crippen LogP contribution is 2.53. The van der Waals surface area contributed by atoms with Crippen LogP contribution in [0.4, 0.5) is 0 Å². The molecular formula is C63H43N3. The van der Waals surface area contributed by atoms with Crippen molar-refractivity contribution in [2.24, 2.45) is 0 Å². The van der Waals surface area contributed by atoms with E-state index in [0.29, 0.717) is 5.82 Å². The highest BCUT2D eigenvalue weighted by Gasteiger charge is 2.37. The van der Waals surface area contributed by atoms with Crippen molar-refractivity contribution in [2.75, 3.05) is 0 Å².